The Morgan fingerprint density at radius 1 is 1.42 bits per heavy atom. The molecule has 0 fully saturated rings. The van der Waals surface area contributed by atoms with Gasteiger partial charge < -0.3 is 15.7 Å². The van der Waals surface area contributed by atoms with Crippen LogP contribution in [0.15, 0.2) is 35.5 Å². The Bertz CT molecular complexity index is 423. The number of carboxylic acids is 1. The zero-order valence-electron chi connectivity index (χ0n) is 10.5. The van der Waals surface area contributed by atoms with Gasteiger partial charge in [-0.05, 0) is 18.4 Å². The van der Waals surface area contributed by atoms with Crippen LogP contribution in [0.25, 0.3) is 0 Å². The maximum absolute atomic E-state index is 10.6. The quantitative estimate of drug-likeness (QED) is 0.434. The van der Waals surface area contributed by atoms with E-state index in [9.17, 15) is 4.79 Å². The van der Waals surface area contributed by atoms with Crippen LogP contribution in [0, 0.1) is 0 Å². The number of carboxylic acid groups (broad SMARTS) is 1. The molecule has 0 aromatic heterocycles. The summed E-state index contributed by atoms with van der Waals surface area (Å²) >= 11 is 5.71. The summed E-state index contributed by atoms with van der Waals surface area (Å²) in [4.78, 5) is 15.8. The second-order valence-electron chi connectivity index (χ2n) is 4.03. The first-order valence-corrected chi connectivity index (χ1v) is 6.43. The van der Waals surface area contributed by atoms with Crippen molar-refractivity contribution < 1.29 is 14.7 Å². The first-order valence-electron chi connectivity index (χ1n) is 5.89. The van der Waals surface area contributed by atoms with E-state index in [4.69, 9.17) is 27.3 Å². The Morgan fingerprint density at radius 3 is 2.68 bits per heavy atom. The first kappa shape index (κ1) is 15.5. The molecular weight excluding hydrogens is 268 g/mol. The van der Waals surface area contributed by atoms with E-state index >= 15 is 0 Å². The average Bonchev–Trinajstić information content (AvgIpc) is 2.43. The Balaban J connectivity index is 2.38. The van der Waals surface area contributed by atoms with E-state index in [2.05, 4.69) is 5.16 Å². The van der Waals surface area contributed by atoms with Crippen LogP contribution >= 0.6 is 11.6 Å². The Hall–Kier alpha value is -1.59. The van der Waals surface area contributed by atoms with Crippen LogP contribution in [0.2, 0.25) is 0 Å². The van der Waals surface area contributed by atoms with Gasteiger partial charge in [0.15, 0.2) is 0 Å². The maximum atomic E-state index is 10.6. The molecule has 0 aliphatic carbocycles. The first-order chi connectivity index (χ1) is 9.13. The van der Waals surface area contributed by atoms with Gasteiger partial charge in [-0.15, -0.1) is 11.6 Å². The van der Waals surface area contributed by atoms with Crippen molar-refractivity contribution >= 4 is 23.3 Å². The monoisotopic (exact) mass is 284 g/mol. The van der Waals surface area contributed by atoms with Crippen molar-refractivity contribution in [3.8, 4) is 0 Å². The molecule has 1 unspecified atom stereocenters. The van der Waals surface area contributed by atoms with Crippen LogP contribution < -0.4 is 5.73 Å². The number of aliphatic carboxylic acids is 1. The molecule has 6 heteroatoms. The third-order valence-corrected chi connectivity index (χ3v) is 2.79. The van der Waals surface area contributed by atoms with Gasteiger partial charge in [-0.25, -0.2) is 0 Å². The molecular formula is C13H17ClN2O3. The maximum Gasteiger partial charge on any atom is 0.320 e. The largest absolute Gasteiger partial charge is 0.480 e. The van der Waals surface area contributed by atoms with Crippen LogP contribution in [0.4, 0.5) is 0 Å². The van der Waals surface area contributed by atoms with Crippen molar-refractivity contribution in [1.29, 1.82) is 0 Å². The lowest BCUT2D eigenvalue weighted by Gasteiger charge is -2.07. The van der Waals surface area contributed by atoms with Crippen LogP contribution in [-0.4, -0.2) is 28.7 Å². The lowest BCUT2D eigenvalue weighted by atomic mass is 10.1. The van der Waals surface area contributed by atoms with Gasteiger partial charge in [0.2, 0.25) is 0 Å². The molecule has 104 valence electrons. The standard InChI is InChI=1S/C13H17ClN2O3/c14-8-11(6-7-12(15)13(17)18)16-19-9-10-4-2-1-3-5-10/h1-5,12H,6-9,15H2,(H,17,18). The van der Waals surface area contributed by atoms with Crippen molar-refractivity contribution in [2.24, 2.45) is 10.9 Å². The summed E-state index contributed by atoms with van der Waals surface area (Å²) in [6, 6.07) is 8.70. The molecule has 0 spiro atoms. The van der Waals surface area contributed by atoms with Crippen LogP contribution in [0.1, 0.15) is 18.4 Å². The lowest BCUT2D eigenvalue weighted by Crippen LogP contribution is -2.30. The summed E-state index contributed by atoms with van der Waals surface area (Å²) in [6.45, 7) is 0.353. The molecule has 5 nitrogen and oxygen atoms in total. The average molecular weight is 285 g/mol. The molecule has 3 N–H and O–H groups in total. The van der Waals surface area contributed by atoms with E-state index in [0.29, 0.717) is 18.7 Å². The molecule has 0 heterocycles. The number of nitrogens with zero attached hydrogens (tertiary/aromatic N) is 1. The summed E-state index contributed by atoms with van der Waals surface area (Å²) in [5.74, 6) is -0.833. The summed E-state index contributed by atoms with van der Waals surface area (Å²) in [6.07, 6.45) is 0.696. The van der Waals surface area contributed by atoms with Gasteiger partial charge in [-0.2, -0.15) is 0 Å². The zero-order valence-corrected chi connectivity index (χ0v) is 11.2. The minimum Gasteiger partial charge on any atom is -0.480 e. The number of oxime groups is 1. The molecule has 0 bridgehead atoms. The molecule has 0 amide bonds. The van der Waals surface area contributed by atoms with Gasteiger partial charge in [0, 0.05) is 0 Å². The van der Waals surface area contributed by atoms with E-state index in [1.165, 1.54) is 0 Å². The summed E-state index contributed by atoms with van der Waals surface area (Å²) in [5, 5.41) is 12.6. The third-order valence-electron chi connectivity index (χ3n) is 2.48. The van der Waals surface area contributed by atoms with E-state index < -0.39 is 12.0 Å². The fourth-order valence-electron chi connectivity index (χ4n) is 1.35. The zero-order chi connectivity index (χ0) is 14.1. The highest BCUT2D eigenvalue weighted by molar-refractivity contribution is 6.28. The Morgan fingerprint density at radius 2 is 2.11 bits per heavy atom. The van der Waals surface area contributed by atoms with Crippen molar-refractivity contribution in [1.82, 2.24) is 0 Å². The predicted molar refractivity (Wildman–Crippen MR) is 74.2 cm³/mol. The normalized spacial score (nSPS) is 13.1. The summed E-state index contributed by atoms with van der Waals surface area (Å²) < 4.78 is 0. The molecule has 0 saturated carbocycles. The lowest BCUT2D eigenvalue weighted by molar-refractivity contribution is -0.138. The van der Waals surface area contributed by atoms with Crippen molar-refractivity contribution in [2.45, 2.75) is 25.5 Å². The van der Waals surface area contributed by atoms with Gasteiger partial charge in [0.25, 0.3) is 0 Å². The number of carbonyl (C=O) groups is 1. The Labute approximate surface area is 117 Å². The molecule has 1 aromatic carbocycles. The van der Waals surface area contributed by atoms with Crippen molar-refractivity contribution in [2.75, 3.05) is 5.88 Å². The van der Waals surface area contributed by atoms with E-state index in [1.807, 2.05) is 30.3 Å². The van der Waals surface area contributed by atoms with Crippen molar-refractivity contribution in [3.63, 3.8) is 0 Å². The van der Waals surface area contributed by atoms with Crippen LogP contribution in [0.3, 0.4) is 0 Å². The van der Waals surface area contributed by atoms with Gasteiger partial charge in [0.05, 0.1) is 11.6 Å². The van der Waals surface area contributed by atoms with Crippen LogP contribution in [-0.2, 0) is 16.2 Å². The van der Waals surface area contributed by atoms with Gasteiger partial charge >= 0.3 is 5.97 Å². The summed E-state index contributed by atoms with van der Waals surface area (Å²) in [7, 11) is 0. The fourth-order valence-corrected chi connectivity index (χ4v) is 1.54. The topological polar surface area (TPSA) is 84.9 Å². The third kappa shape index (κ3) is 6.22. The van der Waals surface area contributed by atoms with Crippen molar-refractivity contribution in [3.05, 3.63) is 35.9 Å². The second-order valence-corrected chi connectivity index (χ2v) is 4.30. The minimum atomic E-state index is -1.03. The molecule has 1 rings (SSSR count). The van der Waals surface area contributed by atoms with Gasteiger partial charge in [0.1, 0.15) is 12.6 Å². The number of halogens is 1. The highest BCUT2D eigenvalue weighted by Crippen LogP contribution is 2.04. The number of hydrogen-bond donors (Lipinski definition) is 2. The minimum absolute atomic E-state index is 0.196. The molecule has 0 radical (unpaired) electrons. The molecule has 1 atom stereocenters. The van der Waals surface area contributed by atoms with Gasteiger partial charge in [-0.1, -0.05) is 35.5 Å². The number of benzene rings is 1. The highest BCUT2D eigenvalue weighted by Gasteiger charge is 2.12. The molecule has 0 aliphatic rings. The second kappa shape index (κ2) is 8.50. The van der Waals surface area contributed by atoms with Gasteiger partial charge in [-0.3, -0.25) is 4.79 Å². The molecule has 0 saturated heterocycles. The molecule has 1 aromatic rings. The summed E-state index contributed by atoms with van der Waals surface area (Å²) in [5.41, 5.74) is 6.99. The fraction of sp³-hybridized carbons (Fsp3) is 0.385. The number of rotatable bonds is 8. The predicted octanol–water partition coefficient (Wildman–Crippen LogP) is 1.99. The molecule has 19 heavy (non-hydrogen) atoms. The number of alkyl halides is 1. The SMILES string of the molecule is NC(CCC(CCl)=NOCc1ccccc1)C(=O)O. The Kier molecular flexibility index (Phi) is 6.92. The van der Waals surface area contributed by atoms with E-state index in [-0.39, 0.29) is 12.3 Å². The highest BCUT2D eigenvalue weighted by atomic mass is 35.5. The van der Waals surface area contributed by atoms with Crippen LogP contribution in [0.5, 0.6) is 0 Å². The van der Waals surface area contributed by atoms with E-state index in [1.54, 1.807) is 0 Å². The van der Waals surface area contributed by atoms with E-state index in [0.717, 1.165) is 5.56 Å². The smallest absolute Gasteiger partial charge is 0.320 e. The molecule has 0 aliphatic heterocycles. The number of hydrogen-bond acceptors (Lipinski definition) is 4. The number of nitrogens with two attached hydrogens (primary N) is 1.